The van der Waals surface area contributed by atoms with Crippen LogP contribution in [0.3, 0.4) is 0 Å². The first kappa shape index (κ1) is 64.3. The van der Waals surface area contributed by atoms with E-state index < -0.39 is 12.1 Å². The van der Waals surface area contributed by atoms with Crippen LogP contribution < -0.4 is 5.32 Å². The highest BCUT2D eigenvalue weighted by Gasteiger charge is 2.18. The number of rotatable bonds is 55. The molecule has 0 spiro atoms. The number of nitrogens with one attached hydrogen (secondary N) is 1. The molecule has 0 saturated carbocycles. The highest BCUT2D eigenvalue weighted by atomic mass is 16.5. The zero-order chi connectivity index (χ0) is 47.9. The second-order valence-corrected chi connectivity index (χ2v) is 20.3. The van der Waals surface area contributed by atoms with Gasteiger partial charge in [-0.2, -0.15) is 0 Å². The van der Waals surface area contributed by atoms with Gasteiger partial charge in [-0.05, 0) is 57.8 Å². The number of amides is 1. The minimum atomic E-state index is -0.850. The number of hydrogen-bond acceptors (Lipinski definition) is 5. The Bertz CT molecular complexity index is 1030. The van der Waals surface area contributed by atoms with Gasteiger partial charge in [-0.15, -0.1) is 0 Å². The van der Waals surface area contributed by atoms with E-state index in [0.717, 1.165) is 44.9 Å². The first-order valence-corrected chi connectivity index (χ1v) is 29.6. The van der Waals surface area contributed by atoms with E-state index in [1.807, 2.05) is 6.08 Å². The van der Waals surface area contributed by atoms with Crippen LogP contribution in [0.1, 0.15) is 322 Å². The quantitative estimate of drug-likeness (QED) is 0.0321. The summed E-state index contributed by atoms with van der Waals surface area (Å²) in [6, 6.07) is -0.634. The second-order valence-electron chi connectivity index (χ2n) is 20.3. The molecule has 0 radical (unpaired) electrons. The summed E-state index contributed by atoms with van der Waals surface area (Å²) in [5, 5.41) is 23.1. The fourth-order valence-electron chi connectivity index (χ4n) is 9.16. The molecule has 6 nitrogen and oxygen atoms in total. The summed E-state index contributed by atoms with van der Waals surface area (Å²) in [5.74, 6) is -0.0683. The number of ether oxygens (including phenoxy) is 1. The average Bonchev–Trinajstić information content (AvgIpc) is 3.32. The molecule has 0 aromatic carbocycles. The average molecular weight is 931 g/mol. The summed E-state index contributed by atoms with van der Waals surface area (Å²) in [4.78, 5) is 24.5. The number of aliphatic hydroxyl groups excluding tert-OH is 2. The predicted octanol–water partition coefficient (Wildman–Crippen LogP) is 18.2. The summed E-state index contributed by atoms with van der Waals surface area (Å²) >= 11 is 0. The number of allylic oxidation sites excluding steroid dienone is 3. The van der Waals surface area contributed by atoms with E-state index >= 15 is 0 Å². The van der Waals surface area contributed by atoms with Crippen molar-refractivity contribution in [2.24, 2.45) is 0 Å². The lowest BCUT2D eigenvalue weighted by Gasteiger charge is -2.20. The number of aliphatic hydroxyl groups is 2. The third-order valence-corrected chi connectivity index (χ3v) is 13.7. The zero-order valence-electron chi connectivity index (χ0n) is 44.4. The van der Waals surface area contributed by atoms with Crippen molar-refractivity contribution < 1.29 is 24.5 Å². The monoisotopic (exact) mass is 930 g/mol. The summed E-state index contributed by atoms with van der Waals surface area (Å²) in [6.45, 7) is 4.91. The molecule has 1 amide bonds. The fraction of sp³-hybridized carbons (Fsp3) is 0.900. The highest BCUT2D eigenvalue weighted by molar-refractivity contribution is 5.76. The van der Waals surface area contributed by atoms with E-state index in [1.54, 1.807) is 6.08 Å². The molecule has 0 bridgehead atoms. The highest BCUT2D eigenvalue weighted by Crippen LogP contribution is 2.17. The molecule has 390 valence electrons. The fourth-order valence-corrected chi connectivity index (χ4v) is 9.16. The Morgan fingerprint density at radius 1 is 0.409 bits per heavy atom. The molecule has 0 aromatic rings. The van der Waals surface area contributed by atoms with E-state index in [9.17, 15) is 19.8 Å². The van der Waals surface area contributed by atoms with Gasteiger partial charge in [-0.1, -0.05) is 276 Å². The topological polar surface area (TPSA) is 95.9 Å². The first-order chi connectivity index (χ1) is 32.5. The van der Waals surface area contributed by atoms with Gasteiger partial charge in [0.15, 0.2) is 0 Å². The Morgan fingerprint density at radius 3 is 1.08 bits per heavy atom. The Kier molecular flexibility index (Phi) is 54.5. The number of carbonyl (C=O) groups is 2. The second kappa shape index (κ2) is 55.9. The van der Waals surface area contributed by atoms with Gasteiger partial charge in [0.05, 0.1) is 25.4 Å². The van der Waals surface area contributed by atoms with Gasteiger partial charge < -0.3 is 20.3 Å². The van der Waals surface area contributed by atoms with E-state index in [-0.39, 0.29) is 18.5 Å². The maximum Gasteiger partial charge on any atom is 0.305 e. The third kappa shape index (κ3) is 51.7. The molecule has 2 atom stereocenters. The van der Waals surface area contributed by atoms with Gasteiger partial charge in [0.25, 0.3) is 0 Å². The Morgan fingerprint density at radius 2 is 0.712 bits per heavy atom. The molecule has 0 heterocycles. The van der Waals surface area contributed by atoms with Crippen LogP contribution in [0.15, 0.2) is 24.3 Å². The summed E-state index contributed by atoms with van der Waals surface area (Å²) in [6.07, 6.45) is 67.7. The van der Waals surface area contributed by atoms with Crippen LogP contribution in [-0.2, 0) is 14.3 Å². The normalized spacial score (nSPS) is 12.7. The molecule has 3 N–H and O–H groups in total. The number of carbonyl (C=O) groups excluding carboxylic acids is 2. The molecule has 66 heavy (non-hydrogen) atoms. The van der Waals surface area contributed by atoms with Crippen LogP contribution >= 0.6 is 0 Å². The van der Waals surface area contributed by atoms with Crippen molar-refractivity contribution in [2.45, 2.75) is 334 Å². The van der Waals surface area contributed by atoms with Gasteiger partial charge in [0.2, 0.25) is 5.91 Å². The lowest BCUT2D eigenvalue weighted by atomic mass is 10.0. The first-order valence-electron chi connectivity index (χ1n) is 29.6. The van der Waals surface area contributed by atoms with E-state index in [2.05, 4.69) is 31.3 Å². The Hall–Kier alpha value is -1.66. The molecule has 0 fully saturated rings. The lowest BCUT2D eigenvalue weighted by Crippen LogP contribution is -2.45. The number of unbranched alkanes of at least 4 members (excludes halogenated alkanes) is 42. The molecule has 0 aliphatic heterocycles. The standard InChI is InChI=1S/C60H115NO5/c1-3-5-7-9-11-13-15-17-18-23-26-29-32-36-40-44-48-52-58(63)57(56-62)61-59(64)53-49-45-41-37-33-30-27-24-21-19-20-22-25-28-31-35-39-43-47-51-55-66-60(65)54-50-46-42-38-34-16-14-12-10-8-6-4-2/h19,21,48,52,57-58,62-63H,3-18,20,22-47,49-51,53-56H2,1-2H3,(H,61,64)/b21-19-,52-48+. The van der Waals surface area contributed by atoms with Crippen molar-refractivity contribution in [1.29, 1.82) is 0 Å². The third-order valence-electron chi connectivity index (χ3n) is 13.7. The molecule has 0 aliphatic rings. The number of hydrogen-bond donors (Lipinski definition) is 3. The molecule has 0 aromatic heterocycles. The molecular formula is C60H115NO5. The van der Waals surface area contributed by atoms with Gasteiger partial charge >= 0.3 is 5.97 Å². The van der Waals surface area contributed by atoms with E-state index in [4.69, 9.17) is 4.74 Å². The SMILES string of the molecule is CCCCCCCCCCCCCCCCC/C=C/C(O)C(CO)NC(=O)CCCCCCCCC/C=C\CCCCCCCCCCCOC(=O)CCCCCCCCCCCCCC. The number of esters is 1. The molecule has 0 aliphatic carbocycles. The molecule has 0 saturated heterocycles. The van der Waals surface area contributed by atoms with Crippen LogP contribution in [0, 0.1) is 0 Å². The summed E-state index contributed by atoms with van der Waals surface area (Å²) < 4.78 is 5.47. The Labute approximate surface area is 411 Å². The van der Waals surface area contributed by atoms with Crippen molar-refractivity contribution >= 4 is 11.9 Å². The zero-order valence-corrected chi connectivity index (χ0v) is 44.4. The van der Waals surface area contributed by atoms with Crippen LogP contribution in [0.4, 0.5) is 0 Å². The summed E-state index contributed by atoms with van der Waals surface area (Å²) in [7, 11) is 0. The van der Waals surface area contributed by atoms with Crippen molar-refractivity contribution in [3.63, 3.8) is 0 Å². The van der Waals surface area contributed by atoms with Gasteiger partial charge in [-0.3, -0.25) is 9.59 Å². The molecule has 2 unspecified atom stereocenters. The minimum absolute atomic E-state index is 0.00639. The van der Waals surface area contributed by atoms with Crippen LogP contribution in [-0.4, -0.2) is 47.4 Å². The largest absolute Gasteiger partial charge is 0.466 e. The van der Waals surface area contributed by atoms with E-state index in [0.29, 0.717) is 19.4 Å². The smallest absolute Gasteiger partial charge is 0.305 e. The molecule has 0 rings (SSSR count). The molecular weight excluding hydrogens is 815 g/mol. The van der Waals surface area contributed by atoms with Crippen LogP contribution in [0.2, 0.25) is 0 Å². The van der Waals surface area contributed by atoms with Crippen molar-refractivity contribution in [2.75, 3.05) is 13.2 Å². The van der Waals surface area contributed by atoms with Gasteiger partial charge in [0.1, 0.15) is 0 Å². The maximum atomic E-state index is 12.5. The Balaban J connectivity index is 3.46. The van der Waals surface area contributed by atoms with Crippen molar-refractivity contribution in [1.82, 2.24) is 5.32 Å². The van der Waals surface area contributed by atoms with Crippen molar-refractivity contribution in [3.05, 3.63) is 24.3 Å². The minimum Gasteiger partial charge on any atom is -0.466 e. The maximum absolute atomic E-state index is 12.5. The lowest BCUT2D eigenvalue weighted by molar-refractivity contribution is -0.143. The van der Waals surface area contributed by atoms with Crippen LogP contribution in [0.5, 0.6) is 0 Å². The predicted molar refractivity (Wildman–Crippen MR) is 287 cm³/mol. The van der Waals surface area contributed by atoms with Crippen LogP contribution in [0.25, 0.3) is 0 Å². The van der Waals surface area contributed by atoms with E-state index in [1.165, 1.54) is 250 Å². The van der Waals surface area contributed by atoms with Crippen molar-refractivity contribution in [3.8, 4) is 0 Å². The van der Waals surface area contributed by atoms with Gasteiger partial charge in [0, 0.05) is 12.8 Å². The molecule has 6 heteroatoms. The summed E-state index contributed by atoms with van der Waals surface area (Å²) in [5.41, 5.74) is 0. The van der Waals surface area contributed by atoms with Gasteiger partial charge in [-0.25, -0.2) is 0 Å².